The Labute approximate surface area is 127 Å². The van der Waals surface area contributed by atoms with Crippen molar-refractivity contribution in [3.63, 3.8) is 0 Å². The van der Waals surface area contributed by atoms with E-state index in [0.717, 1.165) is 5.69 Å². The van der Waals surface area contributed by atoms with Crippen molar-refractivity contribution >= 4 is 22.8 Å². The van der Waals surface area contributed by atoms with E-state index in [1.165, 1.54) is 17.0 Å². The van der Waals surface area contributed by atoms with E-state index in [1.807, 2.05) is 37.3 Å². The molecule has 6 heteroatoms. The fraction of sp³-hybridized carbons (Fsp3) is 0.125. The molecular formula is C16H15N5O. The van der Waals surface area contributed by atoms with Crippen molar-refractivity contribution in [3.05, 3.63) is 65.7 Å². The average molecular weight is 293 g/mol. The number of hydrogen-bond donors (Lipinski definition) is 1. The quantitative estimate of drug-likeness (QED) is 0.749. The highest BCUT2D eigenvalue weighted by Gasteiger charge is 2.15. The summed E-state index contributed by atoms with van der Waals surface area (Å²) in [4.78, 5) is 25.3. The first kappa shape index (κ1) is 13.9. The van der Waals surface area contributed by atoms with Crippen molar-refractivity contribution in [1.29, 1.82) is 0 Å². The zero-order chi connectivity index (χ0) is 15.5. The summed E-state index contributed by atoms with van der Waals surface area (Å²) in [7, 11) is 0. The van der Waals surface area contributed by atoms with Gasteiger partial charge in [0.15, 0.2) is 11.2 Å². The SMILES string of the molecule is C=CC(C)n1c(Nc2ccccc2)nc2nccnc2c1=O. The Balaban J connectivity index is 2.22. The molecule has 0 spiro atoms. The van der Waals surface area contributed by atoms with Crippen LogP contribution in [0.25, 0.3) is 11.2 Å². The Morgan fingerprint density at radius 2 is 1.95 bits per heavy atom. The summed E-state index contributed by atoms with van der Waals surface area (Å²) in [5.41, 5.74) is 1.15. The van der Waals surface area contributed by atoms with Crippen LogP contribution in [0, 0.1) is 0 Å². The first-order chi connectivity index (χ1) is 10.7. The normalized spacial score (nSPS) is 12.0. The summed E-state index contributed by atoms with van der Waals surface area (Å²) < 4.78 is 1.52. The Bertz CT molecular complexity index is 873. The minimum atomic E-state index is -0.246. The van der Waals surface area contributed by atoms with Gasteiger partial charge in [-0.3, -0.25) is 9.36 Å². The molecule has 0 aliphatic heterocycles. The summed E-state index contributed by atoms with van der Waals surface area (Å²) in [5, 5.41) is 3.16. The van der Waals surface area contributed by atoms with E-state index in [9.17, 15) is 4.79 Å². The molecule has 3 rings (SSSR count). The molecule has 0 aliphatic carbocycles. The average Bonchev–Trinajstić information content (AvgIpc) is 2.55. The van der Waals surface area contributed by atoms with Crippen molar-refractivity contribution < 1.29 is 0 Å². The lowest BCUT2D eigenvalue weighted by atomic mass is 10.3. The standard InChI is InChI=1S/C16H15N5O/c1-3-11(2)21-15(22)13-14(18-10-9-17-13)20-16(21)19-12-7-5-4-6-8-12/h3-11H,1H2,2H3,(H,18,19,20). The molecular weight excluding hydrogens is 278 g/mol. The number of aromatic nitrogens is 4. The van der Waals surface area contributed by atoms with E-state index >= 15 is 0 Å². The van der Waals surface area contributed by atoms with Gasteiger partial charge < -0.3 is 5.32 Å². The molecule has 6 nitrogen and oxygen atoms in total. The Hall–Kier alpha value is -3.02. The monoisotopic (exact) mass is 293 g/mol. The van der Waals surface area contributed by atoms with Crippen LogP contribution < -0.4 is 10.9 Å². The van der Waals surface area contributed by atoms with Gasteiger partial charge in [0.1, 0.15) is 0 Å². The molecule has 0 radical (unpaired) electrons. The maximum Gasteiger partial charge on any atom is 0.283 e. The third-order valence-electron chi connectivity index (χ3n) is 3.32. The second-order valence-electron chi connectivity index (χ2n) is 4.81. The predicted molar refractivity (Wildman–Crippen MR) is 86.2 cm³/mol. The third-order valence-corrected chi connectivity index (χ3v) is 3.32. The molecule has 2 aromatic heterocycles. The van der Waals surface area contributed by atoms with Gasteiger partial charge in [-0.2, -0.15) is 4.98 Å². The zero-order valence-corrected chi connectivity index (χ0v) is 12.1. The lowest BCUT2D eigenvalue weighted by Crippen LogP contribution is -2.27. The molecule has 0 amide bonds. The van der Waals surface area contributed by atoms with Crippen LogP contribution in [-0.4, -0.2) is 19.5 Å². The molecule has 2 heterocycles. The molecule has 1 atom stereocenters. The lowest BCUT2D eigenvalue weighted by Gasteiger charge is -2.17. The minimum Gasteiger partial charge on any atom is -0.325 e. The maximum absolute atomic E-state index is 12.7. The highest BCUT2D eigenvalue weighted by atomic mass is 16.1. The lowest BCUT2D eigenvalue weighted by molar-refractivity contribution is 0.637. The van der Waals surface area contributed by atoms with Crippen LogP contribution in [0.1, 0.15) is 13.0 Å². The summed E-state index contributed by atoms with van der Waals surface area (Å²) in [6.07, 6.45) is 4.68. The number of hydrogen-bond acceptors (Lipinski definition) is 5. The van der Waals surface area contributed by atoms with Gasteiger partial charge >= 0.3 is 0 Å². The summed E-state index contributed by atoms with van der Waals surface area (Å²) in [6, 6.07) is 9.30. The topological polar surface area (TPSA) is 72.7 Å². The molecule has 3 aromatic rings. The smallest absolute Gasteiger partial charge is 0.283 e. The number of allylic oxidation sites excluding steroid dienone is 1. The van der Waals surface area contributed by atoms with Gasteiger partial charge in [0, 0.05) is 18.1 Å². The number of rotatable bonds is 4. The van der Waals surface area contributed by atoms with Crippen molar-refractivity contribution in [2.75, 3.05) is 5.32 Å². The van der Waals surface area contributed by atoms with Crippen LogP contribution >= 0.6 is 0 Å². The predicted octanol–water partition coefficient (Wildman–Crippen LogP) is 2.68. The van der Waals surface area contributed by atoms with Gasteiger partial charge in [-0.05, 0) is 19.1 Å². The fourth-order valence-electron chi connectivity index (χ4n) is 2.15. The summed E-state index contributed by atoms with van der Waals surface area (Å²) in [6.45, 7) is 5.62. The Kier molecular flexibility index (Phi) is 3.65. The highest BCUT2D eigenvalue weighted by molar-refractivity contribution is 5.70. The number of anilines is 2. The van der Waals surface area contributed by atoms with E-state index in [-0.39, 0.29) is 17.1 Å². The fourth-order valence-corrected chi connectivity index (χ4v) is 2.15. The Morgan fingerprint density at radius 1 is 1.23 bits per heavy atom. The van der Waals surface area contributed by atoms with Crippen LogP contribution in [-0.2, 0) is 0 Å². The summed E-state index contributed by atoms with van der Waals surface area (Å²) >= 11 is 0. The van der Waals surface area contributed by atoms with Crippen molar-refractivity contribution in [3.8, 4) is 0 Å². The third kappa shape index (κ3) is 2.46. The molecule has 22 heavy (non-hydrogen) atoms. The molecule has 110 valence electrons. The first-order valence-electron chi connectivity index (χ1n) is 6.88. The van der Waals surface area contributed by atoms with Gasteiger partial charge in [0.25, 0.3) is 5.56 Å². The number of nitrogens with zero attached hydrogens (tertiary/aromatic N) is 4. The molecule has 0 aliphatic rings. The second kappa shape index (κ2) is 5.77. The number of benzene rings is 1. The van der Waals surface area contributed by atoms with Crippen LogP contribution in [0.15, 0.2) is 60.2 Å². The number of fused-ring (bicyclic) bond motifs is 1. The second-order valence-corrected chi connectivity index (χ2v) is 4.81. The molecule has 1 unspecified atom stereocenters. The van der Waals surface area contributed by atoms with Crippen LogP contribution in [0.4, 0.5) is 11.6 Å². The molecule has 0 saturated carbocycles. The number of nitrogens with one attached hydrogen (secondary N) is 1. The van der Waals surface area contributed by atoms with E-state index in [2.05, 4.69) is 26.8 Å². The van der Waals surface area contributed by atoms with Gasteiger partial charge in [-0.15, -0.1) is 6.58 Å². The van der Waals surface area contributed by atoms with E-state index in [4.69, 9.17) is 0 Å². The minimum absolute atomic E-state index is 0.224. The van der Waals surface area contributed by atoms with E-state index in [1.54, 1.807) is 6.08 Å². The molecule has 0 fully saturated rings. The zero-order valence-electron chi connectivity index (χ0n) is 12.1. The van der Waals surface area contributed by atoms with Crippen molar-refractivity contribution in [2.24, 2.45) is 0 Å². The maximum atomic E-state index is 12.7. The van der Waals surface area contributed by atoms with Gasteiger partial charge in [0.2, 0.25) is 5.95 Å². The summed E-state index contributed by atoms with van der Waals surface area (Å²) in [5.74, 6) is 0.414. The van der Waals surface area contributed by atoms with Gasteiger partial charge in [-0.25, -0.2) is 9.97 Å². The largest absolute Gasteiger partial charge is 0.325 e. The van der Waals surface area contributed by atoms with Crippen LogP contribution in [0.2, 0.25) is 0 Å². The van der Waals surface area contributed by atoms with Crippen LogP contribution in [0.5, 0.6) is 0 Å². The highest BCUT2D eigenvalue weighted by Crippen LogP contribution is 2.18. The van der Waals surface area contributed by atoms with Crippen molar-refractivity contribution in [2.45, 2.75) is 13.0 Å². The Morgan fingerprint density at radius 3 is 2.68 bits per heavy atom. The molecule has 1 N–H and O–H groups in total. The van der Waals surface area contributed by atoms with Crippen LogP contribution in [0.3, 0.4) is 0 Å². The molecule has 0 bridgehead atoms. The first-order valence-corrected chi connectivity index (χ1v) is 6.88. The van der Waals surface area contributed by atoms with E-state index < -0.39 is 0 Å². The van der Waals surface area contributed by atoms with Crippen molar-refractivity contribution in [1.82, 2.24) is 19.5 Å². The van der Waals surface area contributed by atoms with Gasteiger partial charge in [0.05, 0.1) is 6.04 Å². The van der Waals surface area contributed by atoms with E-state index in [0.29, 0.717) is 11.6 Å². The molecule has 0 saturated heterocycles. The van der Waals surface area contributed by atoms with Gasteiger partial charge in [-0.1, -0.05) is 24.3 Å². The molecule has 1 aromatic carbocycles. The number of para-hydroxylation sites is 1.